The van der Waals surface area contributed by atoms with Crippen molar-refractivity contribution in [1.82, 2.24) is 9.97 Å². The average Bonchev–Trinajstić information content (AvgIpc) is 2.68. The van der Waals surface area contributed by atoms with Crippen molar-refractivity contribution in [3.8, 4) is 23.8 Å². The third-order valence-corrected chi connectivity index (χ3v) is 4.41. The molecule has 0 spiro atoms. The van der Waals surface area contributed by atoms with E-state index in [0.29, 0.717) is 27.4 Å². The summed E-state index contributed by atoms with van der Waals surface area (Å²) in [5, 5.41) is 5.10. The van der Waals surface area contributed by atoms with Crippen LogP contribution in [0.15, 0.2) is 67.0 Å². The largest absolute Gasteiger partial charge is 0.457 e. The molecule has 0 fully saturated rings. The summed E-state index contributed by atoms with van der Waals surface area (Å²) < 4.78 is 5.91. The van der Waals surface area contributed by atoms with E-state index in [0.717, 1.165) is 22.2 Å². The number of anilines is 2. The zero-order valence-electron chi connectivity index (χ0n) is 14.5. The van der Waals surface area contributed by atoms with Crippen LogP contribution in [0.3, 0.4) is 0 Å². The predicted octanol–water partition coefficient (Wildman–Crippen LogP) is 6.45. The van der Waals surface area contributed by atoms with E-state index in [9.17, 15) is 0 Å². The molecule has 0 aliphatic rings. The van der Waals surface area contributed by atoms with Gasteiger partial charge in [0.05, 0.1) is 5.52 Å². The minimum absolute atomic E-state index is 0.502. The van der Waals surface area contributed by atoms with Crippen LogP contribution in [0.25, 0.3) is 10.9 Å². The second-order valence-corrected chi connectivity index (χ2v) is 6.83. The van der Waals surface area contributed by atoms with Crippen molar-refractivity contribution in [2.45, 2.75) is 0 Å². The molecule has 28 heavy (non-hydrogen) atoms. The van der Waals surface area contributed by atoms with E-state index in [1.165, 1.54) is 6.33 Å². The molecule has 1 N–H and O–H groups in total. The summed E-state index contributed by atoms with van der Waals surface area (Å²) in [5.74, 6) is 4.43. The Morgan fingerprint density at radius 3 is 2.50 bits per heavy atom. The van der Waals surface area contributed by atoms with Gasteiger partial charge < -0.3 is 10.1 Å². The fraction of sp³-hybridized carbons (Fsp3) is 0. The van der Waals surface area contributed by atoms with Gasteiger partial charge in [0.15, 0.2) is 0 Å². The number of terminal acetylenes is 1. The van der Waals surface area contributed by atoms with Gasteiger partial charge in [0, 0.05) is 26.7 Å². The summed E-state index contributed by atoms with van der Waals surface area (Å²) in [4.78, 5) is 8.67. The van der Waals surface area contributed by atoms with Gasteiger partial charge in [0.2, 0.25) is 0 Å². The summed E-state index contributed by atoms with van der Waals surface area (Å²) in [6.45, 7) is 0. The molecule has 136 valence electrons. The molecular formula is C22H13Cl2N3O. The predicted molar refractivity (Wildman–Crippen MR) is 114 cm³/mol. The van der Waals surface area contributed by atoms with Gasteiger partial charge in [-0.1, -0.05) is 35.2 Å². The topological polar surface area (TPSA) is 47.0 Å². The van der Waals surface area contributed by atoms with Crippen LogP contribution in [0, 0.1) is 12.3 Å². The molecule has 0 aliphatic carbocycles. The highest BCUT2D eigenvalue weighted by Gasteiger charge is 2.08. The second-order valence-electron chi connectivity index (χ2n) is 5.96. The van der Waals surface area contributed by atoms with Crippen LogP contribution >= 0.6 is 23.2 Å². The quantitative estimate of drug-likeness (QED) is 0.396. The molecule has 0 bridgehead atoms. The lowest BCUT2D eigenvalue weighted by molar-refractivity contribution is 0.483. The first kappa shape index (κ1) is 18.1. The van der Waals surface area contributed by atoms with E-state index < -0.39 is 0 Å². The van der Waals surface area contributed by atoms with E-state index in [2.05, 4.69) is 21.2 Å². The summed E-state index contributed by atoms with van der Waals surface area (Å²) >= 11 is 12.1. The van der Waals surface area contributed by atoms with Crippen molar-refractivity contribution in [2.75, 3.05) is 5.32 Å². The second kappa shape index (κ2) is 7.77. The first-order valence-electron chi connectivity index (χ1n) is 8.33. The van der Waals surface area contributed by atoms with Gasteiger partial charge in [0.25, 0.3) is 0 Å². The van der Waals surface area contributed by atoms with E-state index in [1.54, 1.807) is 18.2 Å². The van der Waals surface area contributed by atoms with Crippen LogP contribution in [0.5, 0.6) is 11.5 Å². The lowest BCUT2D eigenvalue weighted by Crippen LogP contribution is -1.96. The number of hydrogen-bond acceptors (Lipinski definition) is 4. The van der Waals surface area contributed by atoms with Crippen LogP contribution in [-0.4, -0.2) is 9.97 Å². The van der Waals surface area contributed by atoms with Gasteiger partial charge in [-0.05, 0) is 54.6 Å². The van der Waals surface area contributed by atoms with Gasteiger partial charge in [-0.3, -0.25) is 0 Å². The van der Waals surface area contributed by atoms with E-state index >= 15 is 0 Å². The first-order valence-corrected chi connectivity index (χ1v) is 9.09. The number of nitrogens with zero attached hydrogens (tertiary/aromatic N) is 2. The van der Waals surface area contributed by atoms with Crippen LogP contribution in [0.2, 0.25) is 10.0 Å². The number of ether oxygens (including phenoxy) is 1. The van der Waals surface area contributed by atoms with Crippen molar-refractivity contribution in [3.05, 3.63) is 82.6 Å². The molecule has 6 heteroatoms. The molecule has 0 amide bonds. The van der Waals surface area contributed by atoms with Crippen LogP contribution < -0.4 is 10.1 Å². The van der Waals surface area contributed by atoms with Crippen LogP contribution in [0.1, 0.15) is 5.56 Å². The minimum Gasteiger partial charge on any atom is -0.457 e. The summed E-state index contributed by atoms with van der Waals surface area (Å²) in [5.41, 5.74) is 2.40. The molecule has 0 radical (unpaired) electrons. The van der Waals surface area contributed by atoms with E-state index in [1.807, 2.05) is 42.5 Å². The highest BCUT2D eigenvalue weighted by atomic mass is 35.5. The van der Waals surface area contributed by atoms with Crippen molar-refractivity contribution >= 4 is 45.6 Å². The molecule has 4 nitrogen and oxygen atoms in total. The summed E-state index contributed by atoms with van der Waals surface area (Å²) in [6.07, 6.45) is 6.99. The monoisotopic (exact) mass is 405 g/mol. The molecule has 4 aromatic rings. The standard InChI is InChI=1S/C22H13Cl2N3O/c1-2-14-4-3-5-17(8-14)27-22-20-12-18(6-7-21(20)25-13-26-22)28-19-10-15(23)9-16(24)11-19/h1,3-13H,(H,25,26,27). The average molecular weight is 406 g/mol. The molecule has 0 saturated heterocycles. The highest BCUT2D eigenvalue weighted by Crippen LogP contribution is 2.32. The fourth-order valence-corrected chi connectivity index (χ4v) is 3.25. The van der Waals surface area contributed by atoms with E-state index in [4.69, 9.17) is 34.4 Å². The van der Waals surface area contributed by atoms with Gasteiger partial charge in [-0.25, -0.2) is 9.97 Å². The Hall–Kier alpha value is -3.26. The van der Waals surface area contributed by atoms with Gasteiger partial charge in [-0.2, -0.15) is 0 Å². The maximum Gasteiger partial charge on any atom is 0.141 e. The Labute approximate surface area is 172 Å². The lowest BCUT2D eigenvalue weighted by Gasteiger charge is -2.11. The number of rotatable bonds is 4. The van der Waals surface area contributed by atoms with Crippen molar-refractivity contribution in [1.29, 1.82) is 0 Å². The van der Waals surface area contributed by atoms with Crippen molar-refractivity contribution in [2.24, 2.45) is 0 Å². The maximum atomic E-state index is 6.04. The Morgan fingerprint density at radius 1 is 0.893 bits per heavy atom. The Bertz CT molecular complexity index is 1200. The van der Waals surface area contributed by atoms with Crippen molar-refractivity contribution < 1.29 is 4.74 Å². The Balaban J connectivity index is 1.70. The van der Waals surface area contributed by atoms with Gasteiger partial charge in [0.1, 0.15) is 23.6 Å². The number of benzene rings is 3. The van der Waals surface area contributed by atoms with Crippen molar-refractivity contribution in [3.63, 3.8) is 0 Å². The number of halogens is 2. The molecule has 1 aromatic heterocycles. The minimum atomic E-state index is 0.502. The van der Waals surface area contributed by atoms with E-state index in [-0.39, 0.29) is 0 Å². The molecule has 0 atom stereocenters. The smallest absolute Gasteiger partial charge is 0.141 e. The first-order chi connectivity index (χ1) is 13.6. The summed E-state index contributed by atoms with van der Waals surface area (Å²) in [7, 11) is 0. The number of aromatic nitrogens is 2. The number of fused-ring (bicyclic) bond motifs is 1. The van der Waals surface area contributed by atoms with Crippen LogP contribution in [-0.2, 0) is 0 Å². The number of hydrogen-bond donors (Lipinski definition) is 1. The maximum absolute atomic E-state index is 6.04. The molecule has 0 unspecified atom stereocenters. The molecule has 4 rings (SSSR count). The zero-order valence-corrected chi connectivity index (χ0v) is 16.0. The molecule has 3 aromatic carbocycles. The fourth-order valence-electron chi connectivity index (χ4n) is 2.75. The molecular weight excluding hydrogens is 393 g/mol. The van der Waals surface area contributed by atoms with Gasteiger partial charge in [-0.15, -0.1) is 6.42 Å². The van der Waals surface area contributed by atoms with Gasteiger partial charge >= 0.3 is 0 Å². The van der Waals surface area contributed by atoms with Crippen LogP contribution in [0.4, 0.5) is 11.5 Å². The normalized spacial score (nSPS) is 10.5. The molecule has 1 heterocycles. The molecule has 0 saturated carbocycles. The number of nitrogens with one attached hydrogen (secondary N) is 1. The zero-order chi connectivity index (χ0) is 19.5. The Morgan fingerprint density at radius 2 is 1.71 bits per heavy atom. The summed E-state index contributed by atoms with van der Waals surface area (Å²) in [6, 6.07) is 18.1. The molecule has 0 aliphatic heterocycles. The third kappa shape index (κ3) is 4.01. The third-order valence-electron chi connectivity index (χ3n) is 3.97. The lowest BCUT2D eigenvalue weighted by atomic mass is 10.2. The highest BCUT2D eigenvalue weighted by molar-refractivity contribution is 6.34. The Kier molecular flexibility index (Phi) is 5.03. The SMILES string of the molecule is C#Cc1cccc(Nc2ncnc3ccc(Oc4cc(Cl)cc(Cl)c4)cc23)c1.